The van der Waals surface area contributed by atoms with E-state index in [0.29, 0.717) is 12.0 Å². The molecule has 1 aliphatic rings. The summed E-state index contributed by atoms with van der Waals surface area (Å²) in [6, 6.07) is 6.82. The minimum Gasteiger partial charge on any atom is -0.316 e. The molecule has 1 aliphatic carbocycles. The highest BCUT2D eigenvalue weighted by Crippen LogP contribution is 2.31. The third kappa shape index (κ3) is 3.32. The number of hydrogen-bond acceptors (Lipinski definition) is 2. The molecule has 1 aromatic heterocycles. The van der Waals surface area contributed by atoms with Gasteiger partial charge in [-0.2, -0.15) is 0 Å². The first kappa shape index (κ1) is 13.5. The number of likely N-dealkylation sites (N-methyl/N-ethyl adjacent to an activating group) is 1. The van der Waals surface area contributed by atoms with Crippen LogP contribution in [0.4, 0.5) is 0 Å². The van der Waals surface area contributed by atoms with Gasteiger partial charge in [-0.1, -0.05) is 38.7 Å². The van der Waals surface area contributed by atoms with Crippen LogP contribution < -0.4 is 5.32 Å². The van der Waals surface area contributed by atoms with E-state index in [-0.39, 0.29) is 0 Å². The SMILES string of the molecule is CNC(C1CCCCCC1)C(C)c1ccccn1. The van der Waals surface area contributed by atoms with E-state index in [4.69, 9.17) is 0 Å². The van der Waals surface area contributed by atoms with Gasteiger partial charge < -0.3 is 5.32 Å². The van der Waals surface area contributed by atoms with Crippen molar-refractivity contribution in [3.8, 4) is 0 Å². The number of rotatable bonds is 4. The Balaban J connectivity index is 2.07. The van der Waals surface area contributed by atoms with Gasteiger partial charge in [-0.05, 0) is 37.9 Å². The summed E-state index contributed by atoms with van der Waals surface area (Å²) in [5, 5.41) is 3.56. The van der Waals surface area contributed by atoms with Crippen molar-refractivity contribution in [3.63, 3.8) is 0 Å². The van der Waals surface area contributed by atoms with Crippen LogP contribution in [0.2, 0.25) is 0 Å². The van der Waals surface area contributed by atoms with Crippen molar-refractivity contribution in [1.82, 2.24) is 10.3 Å². The Hall–Kier alpha value is -0.890. The minimum absolute atomic E-state index is 0.499. The van der Waals surface area contributed by atoms with Gasteiger partial charge >= 0.3 is 0 Å². The highest BCUT2D eigenvalue weighted by atomic mass is 14.9. The molecular weight excluding hydrogens is 220 g/mol. The molecule has 18 heavy (non-hydrogen) atoms. The Labute approximate surface area is 111 Å². The van der Waals surface area contributed by atoms with Gasteiger partial charge in [0.25, 0.3) is 0 Å². The van der Waals surface area contributed by atoms with Crippen LogP contribution in [0.5, 0.6) is 0 Å². The largest absolute Gasteiger partial charge is 0.316 e. The van der Waals surface area contributed by atoms with E-state index < -0.39 is 0 Å². The smallest absolute Gasteiger partial charge is 0.0447 e. The summed E-state index contributed by atoms with van der Waals surface area (Å²) >= 11 is 0. The van der Waals surface area contributed by atoms with Crippen LogP contribution in [-0.4, -0.2) is 18.1 Å². The molecule has 0 amide bonds. The number of nitrogens with one attached hydrogen (secondary N) is 1. The van der Waals surface area contributed by atoms with Gasteiger partial charge in [0, 0.05) is 23.9 Å². The summed E-state index contributed by atoms with van der Waals surface area (Å²) in [5.41, 5.74) is 1.22. The van der Waals surface area contributed by atoms with E-state index in [2.05, 4.69) is 36.4 Å². The van der Waals surface area contributed by atoms with Crippen molar-refractivity contribution < 1.29 is 0 Å². The van der Waals surface area contributed by atoms with Crippen molar-refractivity contribution in [2.45, 2.75) is 57.4 Å². The monoisotopic (exact) mass is 246 g/mol. The first-order valence-electron chi connectivity index (χ1n) is 7.41. The molecule has 2 atom stereocenters. The zero-order valence-electron chi connectivity index (χ0n) is 11.7. The lowest BCUT2D eigenvalue weighted by atomic mass is 9.83. The van der Waals surface area contributed by atoms with E-state index in [1.54, 1.807) is 0 Å². The Morgan fingerprint density at radius 2 is 1.89 bits per heavy atom. The number of pyridine rings is 1. The number of aromatic nitrogens is 1. The highest BCUT2D eigenvalue weighted by Gasteiger charge is 2.27. The molecule has 0 aromatic carbocycles. The van der Waals surface area contributed by atoms with Gasteiger partial charge in [0.2, 0.25) is 0 Å². The van der Waals surface area contributed by atoms with E-state index in [9.17, 15) is 0 Å². The lowest BCUT2D eigenvalue weighted by Crippen LogP contribution is -2.38. The van der Waals surface area contributed by atoms with Gasteiger partial charge in [0.05, 0.1) is 0 Å². The molecule has 1 fully saturated rings. The van der Waals surface area contributed by atoms with Crippen molar-refractivity contribution in [1.29, 1.82) is 0 Å². The normalized spacial score (nSPS) is 21.2. The standard InChI is InChI=1S/C16H26N2/c1-13(15-11-7-8-12-18-15)16(17-2)14-9-5-3-4-6-10-14/h7-8,11-14,16-17H,3-6,9-10H2,1-2H3. The van der Waals surface area contributed by atoms with Crippen LogP contribution in [0.25, 0.3) is 0 Å². The second-order valence-electron chi connectivity index (χ2n) is 5.61. The van der Waals surface area contributed by atoms with E-state index in [1.165, 1.54) is 44.2 Å². The summed E-state index contributed by atoms with van der Waals surface area (Å²) in [5.74, 6) is 1.31. The fourth-order valence-corrected chi connectivity index (χ4v) is 3.39. The molecule has 100 valence electrons. The molecule has 1 aromatic rings. The molecule has 0 aliphatic heterocycles. The zero-order valence-corrected chi connectivity index (χ0v) is 11.7. The summed E-state index contributed by atoms with van der Waals surface area (Å²) in [6.45, 7) is 2.31. The number of hydrogen-bond donors (Lipinski definition) is 1. The van der Waals surface area contributed by atoms with Crippen molar-refractivity contribution in [2.75, 3.05) is 7.05 Å². The Morgan fingerprint density at radius 3 is 2.44 bits per heavy atom. The van der Waals surface area contributed by atoms with Crippen molar-refractivity contribution >= 4 is 0 Å². The van der Waals surface area contributed by atoms with Crippen molar-refractivity contribution in [2.24, 2.45) is 5.92 Å². The summed E-state index contributed by atoms with van der Waals surface area (Å²) in [6.07, 6.45) is 10.3. The summed E-state index contributed by atoms with van der Waals surface area (Å²) in [4.78, 5) is 4.53. The molecule has 0 radical (unpaired) electrons. The molecule has 0 bridgehead atoms. The summed E-state index contributed by atoms with van der Waals surface area (Å²) in [7, 11) is 2.11. The van der Waals surface area contributed by atoms with Crippen LogP contribution in [-0.2, 0) is 0 Å². The predicted octanol–water partition coefficient (Wildman–Crippen LogP) is 3.74. The predicted molar refractivity (Wildman–Crippen MR) is 76.7 cm³/mol. The maximum Gasteiger partial charge on any atom is 0.0447 e. The van der Waals surface area contributed by atoms with Gasteiger partial charge in [0.1, 0.15) is 0 Å². The molecule has 0 saturated heterocycles. The van der Waals surface area contributed by atoms with Crippen LogP contribution in [0.3, 0.4) is 0 Å². The maximum atomic E-state index is 4.53. The third-order valence-electron chi connectivity index (χ3n) is 4.43. The van der Waals surface area contributed by atoms with Crippen molar-refractivity contribution in [3.05, 3.63) is 30.1 Å². The maximum absolute atomic E-state index is 4.53. The first-order chi connectivity index (χ1) is 8.83. The molecule has 2 heteroatoms. The minimum atomic E-state index is 0.499. The molecule has 2 nitrogen and oxygen atoms in total. The first-order valence-corrected chi connectivity index (χ1v) is 7.41. The second kappa shape index (κ2) is 6.89. The van der Waals surface area contributed by atoms with Gasteiger partial charge in [-0.3, -0.25) is 4.98 Å². The average molecular weight is 246 g/mol. The van der Waals surface area contributed by atoms with Gasteiger partial charge in [-0.25, -0.2) is 0 Å². The quantitative estimate of drug-likeness (QED) is 0.819. The second-order valence-corrected chi connectivity index (χ2v) is 5.61. The fraction of sp³-hybridized carbons (Fsp3) is 0.688. The van der Waals surface area contributed by atoms with Gasteiger partial charge in [-0.15, -0.1) is 0 Å². The fourth-order valence-electron chi connectivity index (χ4n) is 3.39. The summed E-state index contributed by atoms with van der Waals surface area (Å²) < 4.78 is 0. The van der Waals surface area contributed by atoms with Crippen LogP contribution >= 0.6 is 0 Å². The highest BCUT2D eigenvalue weighted by molar-refractivity contribution is 5.11. The van der Waals surface area contributed by atoms with E-state index in [0.717, 1.165) is 5.92 Å². The van der Waals surface area contributed by atoms with Gasteiger partial charge in [0.15, 0.2) is 0 Å². The molecule has 0 spiro atoms. The molecule has 1 N–H and O–H groups in total. The topological polar surface area (TPSA) is 24.9 Å². The Morgan fingerprint density at radius 1 is 1.17 bits per heavy atom. The zero-order chi connectivity index (χ0) is 12.8. The average Bonchev–Trinajstić information content (AvgIpc) is 2.70. The molecule has 2 unspecified atom stereocenters. The lowest BCUT2D eigenvalue weighted by molar-refractivity contribution is 0.298. The third-order valence-corrected chi connectivity index (χ3v) is 4.43. The van der Waals surface area contributed by atoms with Crippen LogP contribution in [0, 0.1) is 5.92 Å². The van der Waals surface area contributed by atoms with Crippen LogP contribution in [0.1, 0.15) is 57.1 Å². The molecule has 1 heterocycles. The van der Waals surface area contributed by atoms with E-state index >= 15 is 0 Å². The van der Waals surface area contributed by atoms with Crippen LogP contribution in [0.15, 0.2) is 24.4 Å². The number of nitrogens with zero attached hydrogens (tertiary/aromatic N) is 1. The Bertz CT molecular complexity index is 328. The lowest BCUT2D eigenvalue weighted by Gasteiger charge is -2.31. The van der Waals surface area contributed by atoms with E-state index in [1.807, 2.05) is 12.3 Å². The molecular formula is C16H26N2. The molecule has 2 rings (SSSR count). The molecule has 1 saturated carbocycles. The Kier molecular flexibility index (Phi) is 5.18.